The molecule has 2 aromatic rings. The molecule has 1 N–H and O–H groups in total. The predicted octanol–water partition coefficient (Wildman–Crippen LogP) is 7.41. The van der Waals surface area contributed by atoms with Crippen molar-refractivity contribution in [3.63, 3.8) is 0 Å². The molecule has 0 spiro atoms. The summed E-state index contributed by atoms with van der Waals surface area (Å²) < 4.78 is 24.3. The van der Waals surface area contributed by atoms with Crippen LogP contribution in [0.4, 0.5) is 0 Å². The number of aliphatic hydroxyl groups is 1. The Hall–Kier alpha value is -1.06. The third-order valence-corrected chi connectivity index (χ3v) is 10.3. The van der Waals surface area contributed by atoms with Crippen LogP contribution < -0.4 is 0 Å². The average molecular weight is 591 g/mol. The van der Waals surface area contributed by atoms with E-state index < -0.39 is 6.10 Å². The van der Waals surface area contributed by atoms with Gasteiger partial charge in [0.25, 0.3) is 0 Å². The zero-order chi connectivity index (χ0) is 29.1. The molecule has 2 aromatic carbocycles. The normalized spacial score (nSPS) is 34.1. The highest BCUT2D eigenvalue weighted by molar-refractivity contribution is 8.00. The SMILES string of the molecule is CCS[C@@H]1OC(C)[C@H](C)[C@H](C)C1OCc1ccccc1.CCS[C@@H]1OC(C)[C@H](C)[C@H](O)C1OCc1ccccc1. The van der Waals surface area contributed by atoms with Crippen molar-refractivity contribution in [1.82, 2.24) is 0 Å². The second kappa shape index (κ2) is 17.2. The number of aliphatic hydroxyl groups excluding tert-OH is 1. The molecule has 0 aliphatic carbocycles. The van der Waals surface area contributed by atoms with E-state index in [1.165, 1.54) is 5.56 Å². The van der Waals surface area contributed by atoms with Crippen molar-refractivity contribution in [2.45, 2.75) is 103 Å². The molecule has 2 heterocycles. The second-order valence-electron chi connectivity index (χ2n) is 10.9. The number of hydrogen-bond acceptors (Lipinski definition) is 7. The quantitative estimate of drug-likeness (QED) is 0.309. The molecule has 2 aliphatic heterocycles. The topological polar surface area (TPSA) is 57.2 Å². The number of thioether (sulfide) groups is 2. The van der Waals surface area contributed by atoms with Crippen molar-refractivity contribution >= 4 is 23.5 Å². The Labute approximate surface area is 251 Å². The third kappa shape index (κ3) is 9.48. The Morgan fingerprint density at radius 3 is 1.52 bits per heavy atom. The van der Waals surface area contributed by atoms with E-state index in [0.717, 1.165) is 17.1 Å². The minimum absolute atomic E-state index is 0.0608. The lowest BCUT2D eigenvalue weighted by molar-refractivity contribution is -0.184. The highest BCUT2D eigenvalue weighted by Gasteiger charge is 2.42. The summed E-state index contributed by atoms with van der Waals surface area (Å²) >= 11 is 3.56. The zero-order valence-electron chi connectivity index (χ0n) is 25.3. The number of benzene rings is 2. The molecule has 224 valence electrons. The first-order valence-electron chi connectivity index (χ1n) is 14.8. The molecule has 10 atom stereocenters. The van der Waals surface area contributed by atoms with E-state index in [4.69, 9.17) is 18.9 Å². The fourth-order valence-electron chi connectivity index (χ4n) is 5.08. The van der Waals surface area contributed by atoms with Crippen LogP contribution in [-0.2, 0) is 32.2 Å². The van der Waals surface area contributed by atoms with Crippen LogP contribution in [0.25, 0.3) is 0 Å². The first kappa shape index (κ1) is 33.4. The van der Waals surface area contributed by atoms with Crippen LogP contribution in [-0.4, -0.2) is 58.0 Å². The fourth-order valence-corrected chi connectivity index (χ4v) is 7.19. The summed E-state index contributed by atoms with van der Waals surface area (Å²) in [5, 5.41) is 10.5. The lowest BCUT2D eigenvalue weighted by Crippen LogP contribution is -2.52. The van der Waals surface area contributed by atoms with Gasteiger partial charge in [0, 0.05) is 5.92 Å². The molecule has 2 fully saturated rings. The standard InChI is InChI=1S/C17H26O2S.C16H24O3S/c1-5-20-17-16(13(3)12(2)14(4)19-17)18-11-15-9-7-6-8-10-15;1-4-20-16-15(14(17)11(2)12(3)19-16)18-10-13-8-6-5-7-9-13/h6-10,12-14,16-17H,5,11H2,1-4H3;5-9,11-12,14-17H,4,10H2,1-3H3/t12-,13+,14?,16?,17+;11-,12?,14-,15?,16-/m10/s1. The van der Waals surface area contributed by atoms with Crippen molar-refractivity contribution in [2.24, 2.45) is 17.8 Å². The molecule has 5 nitrogen and oxygen atoms in total. The molecule has 0 aromatic heterocycles. The van der Waals surface area contributed by atoms with Gasteiger partial charge in [-0.25, -0.2) is 0 Å². The summed E-state index contributed by atoms with van der Waals surface area (Å²) in [6.45, 7) is 16.2. The molecule has 0 amide bonds. The van der Waals surface area contributed by atoms with Crippen molar-refractivity contribution < 1.29 is 24.1 Å². The van der Waals surface area contributed by atoms with Crippen molar-refractivity contribution in [2.75, 3.05) is 11.5 Å². The van der Waals surface area contributed by atoms with Crippen LogP contribution in [0.5, 0.6) is 0 Å². The fraction of sp³-hybridized carbons (Fsp3) is 0.636. The summed E-state index contributed by atoms with van der Waals surface area (Å²) in [6, 6.07) is 20.4. The predicted molar refractivity (Wildman–Crippen MR) is 168 cm³/mol. The summed E-state index contributed by atoms with van der Waals surface area (Å²) in [6.07, 6.45) is -0.208. The van der Waals surface area contributed by atoms with Gasteiger partial charge in [-0.3, -0.25) is 0 Å². The number of rotatable bonds is 10. The van der Waals surface area contributed by atoms with Gasteiger partial charge in [0.2, 0.25) is 0 Å². The largest absolute Gasteiger partial charge is 0.390 e. The van der Waals surface area contributed by atoms with E-state index >= 15 is 0 Å². The Bertz CT molecular complexity index is 871. The van der Waals surface area contributed by atoms with Gasteiger partial charge in [0.05, 0.1) is 37.6 Å². The van der Waals surface area contributed by atoms with Crippen LogP contribution in [0.3, 0.4) is 0 Å². The minimum atomic E-state index is -0.480. The Kier molecular flexibility index (Phi) is 14.3. The summed E-state index contributed by atoms with van der Waals surface area (Å²) in [4.78, 5) is 0. The van der Waals surface area contributed by atoms with Crippen LogP contribution >= 0.6 is 23.5 Å². The van der Waals surface area contributed by atoms with Gasteiger partial charge in [-0.05, 0) is 48.3 Å². The molecule has 2 aliphatic rings. The molecule has 4 unspecified atom stereocenters. The van der Waals surface area contributed by atoms with Crippen molar-refractivity contribution in [3.8, 4) is 0 Å². The first-order chi connectivity index (χ1) is 19.3. The maximum absolute atomic E-state index is 10.5. The van der Waals surface area contributed by atoms with Crippen LogP contribution in [0, 0.1) is 17.8 Å². The Morgan fingerprint density at radius 1 is 0.625 bits per heavy atom. The monoisotopic (exact) mass is 590 g/mol. The summed E-state index contributed by atoms with van der Waals surface area (Å²) in [5.74, 6) is 3.15. The third-order valence-electron chi connectivity index (χ3n) is 8.17. The smallest absolute Gasteiger partial charge is 0.132 e. The number of hydrogen-bond donors (Lipinski definition) is 1. The van der Waals surface area contributed by atoms with E-state index in [2.05, 4.69) is 58.9 Å². The lowest BCUT2D eigenvalue weighted by Gasteiger charge is -2.43. The van der Waals surface area contributed by atoms with Gasteiger partial charge in [-0.15, -0.1) is 23.5 Å². The van der Waals surface area contributed by atoms with E-state index in [1.807, 2.05) is 62.0 Å². The number of ether oxygens (including phenoxy) is 4. The molecule has 40 heavy (non-hydrogen) atoms. The average Bonchev–Trinajstić information content (AvgIpc) is 2.96. The van der Waals surface area contributed by atoms with Crippen LogP contribution in [0.15, 0.2) is 60.7 Å². The van der Waals surface area contributed by atoms with E-state index in [9.17, 15) is 5.11 Å². The van der Waals surface area contributed by atoms with E-state index in [0.29, 0.717) is 31.2 Å². The minimum Gasteiger partial charge on any atom is -0.390 e. The van der Waals surface area contributed by atoms with Gasteiger partial charge < -0.3 is 24.1 Å². The van der Waals surface area contributed by atoms with Gasteiger partial charge in [0.15, 0.2) is 0 Å². The van der Waals surface area contributed by atoms with Gasteiger partial charge in [0.1, 0.15) is 17.0 Å². The van der Waals surface area contributed by atoms with Crippen molar-refractivity contribution in [3.05, 3.63) is 71.8 Å². The van der Waals surface area contributed by atoms with E-state index in [1.54, 1.807) is 11.8 Å². The zero-order valence-corrected chi connectivity index (χ0v) is 26.9. The highest BCUT2D eigenvalue weighted by atomic mass is 32.2. The van der Waals surface area contributed by atoms with Gasteiger partial charge in [-0.2, -0.15) is 0 Å². The molecular weight excluding hydrogens is 540 g/mol. The highest BCUT2D eigenvalue weighted by Crippen LogP contribution is 2.37. The van der Waals surface area contributed by atoms with Gasteiger partial charge in [-0.1, -0.05) is 95.3 Å². The molecule has 2 saturated heterocycles. The second-order valence-corrected chi connectivity index (χ2v) is 13.7. The van der Waals surface area contributed by atoms with Gasteiger partial charge >= 0.3 is 0 Å². The van der Waals surface area contributed by atoms with Crippen LogP contribution in [0.1, 0.15) is 59.6 Å². The lowest BCUT2D eigenvalue weighted by atomic mass is 9.85. The Morgan fingerprint density at radius 2 is 1.05 bits per heavy atom. The summed E-state index contributed by atoms with van der Waals surface area (Å²) in [5.41, 5.74) is 2.41. The first-order valence-corrected chi connectivity index (χ1v) is 16.9. The molecule has 4 rings (SSSR count). The van der Waals surface area contributed by atoms with Crippen LogP contribution in [0.2, 0.25) is 0 Å². The molecule has 7 heteroatoms. The molecule has 0 saturated carbocycles. The maximum Gasteiger partial charge on any atom is 0.132 e. The molecule has 0 radical (unpaired) electrons. The summed E-state index contributed by atoms with van der Waals surface area (Å²) in [7, 11) is 0. The van der Waals surface area contributed by atoms with Crippen molar-refractivity contribution in [1.29, 1.82) is 0 Å². The Balaban J connectivity index is 0.000000220. The molecule has 0 bridgehead atoms. The maximum atomic E-state index is 10.5. The van der Waals surface area contributed by atoms with E-state index in [-0.39, 0.29) is 35.1 Å². The molecular formula is C33H50O5S2.